The molecule has 2 N–H and O–H groups in total. The zero-order chi connectivity index (χ0) is 15.0. The van der Waals surface area contributed by atoms with Crippen LogP contribution in [-0.4, -0.2) is 34.0 Å². The number of aromatic nitrogens is 4. The largest absolute Gasteiger partial charge is 0.497 e. The van der Waals surface area contributed by atoms with Crippen molar-refractivity contribution in [3.63, 3.8) is 0 Å². The van der Waals surface area contributed by atoms with Crippen molar-refractivity contribution >= 4 is 28.5 Å². The molecule has 0 saturated heterocycles. The molecule has 3 rings (SSSR count). The molecule has 0 radical (unpaired) electrons. The van der Waals surface area contributed by atoms with Crippen molar-refractivity contribution < 1.29 is 9.47 Å². The van der Waals surface area contributed by atoms with Gasteiger partial charge in [-0.2, -0.15) is 10.1 Å². The number of anilines is 1. The van der Waals surface area contributed by atoms with Crippen LogP contribution in [0.2, 0.25) is 5.28 Å². The average molecular weight is 306 g/mol. The Morgan fingerprint density at radius 2 is 2.00 bits per heavy atom. The lowest BCUT2D eigenvalue weighted by Gasteiger charge is -2.10. The second-order valence-electron chi connectivity index (χ2n) is 4.21. The number of benzene rings is 1. The van der Waals surface area contributed by atoms with Crippen LogP contribution in [0.1, 0.15) is 0 Å². The number of nitrogen functional groups attached to an aromatic ring is 1. The van der Waals surface area contributed by atoms with Gasteiger partial charge in [0.2, 0.25) is 5.28 Å². The summed E-state index contributed by atoms with van der Waals surface area (Å²) in [6, 6.07) is 5.38. The molecule has 0 aliphatic carbocycles. The molecule has 2 aromatic heterocycles. The summed E-state index contributed by atoms with van der Waals surface area (Å²) in [7, 11) is 3.16. The van der Waals surface area contributed by atoms with Crippen molar-refractivity contribution in [2.45, 2.75) is 0 Å². The summed E-state index contributed by atoms with van der Waals surface area (Å²) in [5, 5.41) is 4.97. The molecule has 0 amide bonds. The summed E-state index contributed by atoms with van der Waals surface area (Å²) < 4.78 is 12.1. The predicted octanol–water partition coefficient (Wildman–Crippen LogP) is 2.07. The van der Waals surface area contributed by atoms with Crippen molar-refractivity contribution in [1.29, 1.82) is 0 Å². The first-order valence-electron chi connectivity index (χ1n) is 6.03. The third-order valence-electron chi connectivity index (χ3n) is 3.05. The van der Waals surface area contributed by atoms with Crippen molar-refractivity contribution in [2.24, 2.45) is 0 Å². The Labute approximate surface area is 125 Å². The lowest BCUT2D eigenvalue weighted by molar-refractivity contribution is 0.392. The number of hydrogen-bond donors (Lipinski definition) is 1. The molecule has 0 aliphatic rings. The fraction of sp³-hybridized carbons (Fsp3) is 0.154. The Balaban J connectivity index is 2.25. The van der Waals surface area contributed by atoms with E-state index in [2.05, 4.69) is 15.1 Å². The first kappa shape index (κ1) is 13.4. The van der Waals surface area contributed by atoms with E-state index in [9.17, 15) is 0 Å². The molecule has 1 aromatic carbocycles. The van der Waals surface area contributed by atoms with Crippen LogP contribution in [0.3, 0.4) is 0 Å². The summed E-state index contributed by atoms with van der Waals surface area (Å²) in [5.41, 5.74) is 7.03. The molecule has 0 aliphatic heterocycles. The minimum Gasteiger partial charge on any atom is -0.497 e. The van der Waals surface area contributed by atoms with Crippen LogP contribution in [-0.2, 0) is 0 Å². The summed E-state index contributed by atoms with van der Waals surface area (Å²) in [6.07, 6.45) is 1.59. The predicted molar refractivity (Wildman–Crippen MR) is 79.2 cm³/mol. The number of nitrogens with two attached hydrogens (primary N) is 1. The van der Waals surface area contributed by atoms with Crippen molar-refractivity contribution in [2.75, 3.05) is 20.0 Å². The molecular weight excluding hydrogens is 294 g/mol. The number of halogens is 1. The van der Waals surface area contributed by atoms with Crippen molar-refractivity contribution in [3.05, 3.63) is 29.7 Å². The number of rotatable bonds is 3. The molecule has 0 unspecified atom stereocenters. The molecule has 0 fully saturated rings. The Morgan fingerprint density at radius 3 is 2.71 bits per heavy atom. The SMILES string of the molecule is COc1ccc(-n2ncc3c(N)nc(Cl)nc32)c(OC)c1. The van der Waals surface area contributed by atoms with E-state index in [1.165, 1.54) is 0 Å². The molecule has 0 bridgehead atoms. The van der Waals surface area contributed by atoms with Gasteiger partial charge in [0.25, 0.3) is 0 Å². The summed E-state index contributed by atoms with van der Waals surface area (Å²) >= 11 is 5.87. The van der Waals surface area contributed by atoms with Crippen LogP contribution in [0.15, 0.2) is 24.4 Å². The zero-order valence-corrected chi connectivity index (χ0v) is 12.1. The number of ether oxygens (including phenoxy) is 2. The van der Waals surface area contributed by atoms with E-state index in [0.717, 1.165) is 0 Å². The van der Waals surface area contributed by atoms with E-state index < -0.39 is 0 Å². The van der Waals surface area contributed by atoms with Gasteiger partial charge in [-0.3, -0.25) is 0 Å². The fourth-order valence-electron chi connectivity index (χ4n) is 2.04. The molecule has 2 heterocycles. The van der Waals surface area contributed by atoms with Gasteiger partial charge in [0.05, 0.1) is 25.8 Å². The quantitative estimate of drug-likeness (QED) is 0.745. The van der Waals surface area contributed by atoms with E-state index in [0.29, 0.717) is 28.2 Å². The van der Waals surface area contributed by atoms with E-state index in [4.69, 9.17) is 26.8 Å². The van der Waals surface area contributed by atoms with Crippen LogP contribution in [0, 0.1) is 0 Å². The van der Waals surface area contributed by atoms with Gasteiger partial charge < -0.3 is 15.2 Å². The van der Waals surface area contributed by atoms with Gasteiger partial charge in [0.1, 0.15) is 23.0 Å². The molecule has 108 valence electrons. The van der Waals surface area contributed by atoms with Crippen LogP contribution in [0.25, 0.3) is 16.7 Å². The molecule has 21 heavy (non-hydrogen) atoms. The third-order valence-corrected chi connectivity index (χ3v) is 3.21. The zero-order valence-electron chi connectivity index (χ0n) is 11.4. The van der Waals surface area contributed by atoms with Crippen LogP contribution in [0.5, 0.6) is 11.5 Å². The molecular formula is C13H12ClN5O2. The maximum atomic E-state index is 5.87. The number of nitrogens with zero attached hydrogens (tertiary/aromatic N) is 4. The van der Waals surface area contributed by atoms with Gasteiger partial charge in [0.15, 0.2) is 5.65 Å². The second kappa shape index (κ2) is 5.10. The van der Waals surface area contributed by atoms with Gasteiger partial charge in [-0.1, -0.05) is 0 Å². The first-order chi connectivity index (χ1) is 10.1. The van der Waals surface area contributed by atoms with E-state index in [-0.39, 0.29) is 11.1 Å². The van der Waals surface area contributed by atoms with Gasteiger partial charge in [-0.05, 0) is 23.7 Å². The standard InChI is InChI=1S/C13H12ClN5O2/c1-20-7-3-4-9(10(5-7)21-2)19-12-8(6-16-19)11(15)17-13(14)18-12/h3-6H,1-2H3,(H2,15,17,18). The Bertz CT molecular complexity index is 818. The Hall–Kier alpha value is -2.54. The van der Waals surface area contributed by atoms with Crippen molar-refractivity contribution in [1.82, 2.24) is 19.7 Å². The summed E-state index contributed by atoms with van der Waals surface area (Å²) in [4.78, 5) is 8.09. The number of hydrogen-bond acceptors (Lipinski definition) is 6. The summed E-state index contributed by atoms with van der Waals surface area (Å²) in [5.74, 6) is 1.55. The highest BCUT2D eigenvalue weighted by molar-refractivity contribution is 6.28. The average Bonchev–Trinajstić information content (AvgIpc) is 2.90. The lowest BCUT2D eigenvalue weighted by atomic mass is 10.2. The normalized spacial score (nSPS) is 10.8. The van der Waals surface area contributed by atoms with E-state index >= 15 is 0 Å². The third kappa shape index (κ3) is 2.21. The molecule has 3 aromatic rings. The maximum Gasteiger partial charge on any atom is 0.226 e. The Kier molecular flexibility index (Phi) is 3.26. The van der Waals surface area contributed by atoms with Gasteiger partial charge in [-0.25, -0.2) is 9.67 Å². The van der Waals surface area contributed by atoms with Gasteiger partial charge in [0, 0.05) is 6.07 Å². The highest BCUT2D eigenvalue weighted by atomic mass is 35.5. The minimum atomic E-state index is 0.0641. The Morgan fingerprint density at radius 1 is 1.19 bits per heavy atom. The molecule has 0 saturated carbocycles. The second-order valence-corrected chi connectivity index (χ2v) is 4.55. The first-order valence-corrected chi connectivity index (χ1v) is 6.41. The monoisotopic (exact) mass is 305 g/mol. The summed E-state index contributed by atoms with van der Waals surface area (Å²) in [6.45, 7) is 0. The topological polar surface area (TPSA) is 88.1 Å². The van der Waals surface area contributed by atoms with Crippen LogP contribution in [0.4, 0.5) is 5.82 Å². The highest BCUT2D eigenvalue weighted by Gasteiger charge is 2.15. The van der Waals surface area contributed by atoms with Crippen LogP contribution >= 0.6 is 11.6 Å². The molecule has 8 heteroatoms. The van der Waals surface area contributed by atoms with E-state index in [1.807, 2.05) is 6.07 Å². The molecule has 0 spiro atoms. The van der Waals surface area contributed by atoms with Crippen LogP contribution < -0.4 is 15.2 Å². The smallest absolute Gasteiger partial charge is 0.226 e. The lowest BCUT2D eigenvalue weighted by Crippen LogP contribution is -2.02. The van der Waals surface area contributed by atoms with Crippen molar-refractivity contribution in [3.8, 4) is 17.2 Å². The number of methoxy groups -OCH3 is 2. The van der Waals surface area contributed by atoms with E-state index in [1.54, 1.807) is 37.2 Å². The minimum absolute atomic E-state index is 0.0641. The molecule has 0 atom stereocenters. The van der Waals surface area contributed by atoms with Gasteiger partial charge >= 0.3 is 0 Å². The number of fused-ring (bicyclic) bond motifs is 1. The fourth-order valence-corrected chi connectivity index (χ4v) is 2.21. The van der Waals surface area contributed by atoms with Gasteiger partial charge in [-0.15, -0.1) is 0 Å². The highest BCUT2D eigenvalue weighted by Crippen LogP contribution is 2.30. The maximum absolute atomic E-state index is 5.87. The molecule has 7 nitrogen and oxygen atoms in total.